The van der Waals surface area contributed by atoms with Crippen molar-refractivity contribution in [2.45, 2.75) is 98.6 Å². The van der Waals surface area contributed by atoms with E-state index in [0.717, 1.165) is 0 Å². The summed E-state index contributed by atoms with van der Waals surface area (Å²) in [6, 6.07) is 0. The molecule has 0 saturated heterocycles. The van der Waals surface area contributed by atoms with Gasteiger partial charge in [0, 0.05) is 5.92 Å². The number of hydrogen-bond acceptors (Lipinski definition) is 1. The second-order valence-electron chi connectivity index (χ2n) is 7.60. The normalized spacial score (nSPS) is 12.9. The first kappa shape index (κ1) is 20.6. The highest BCUT2D eigenvalue weighted by atomic mass is 28.3. The molecule has 0 unspecified atom stereocenters. The fourth-order valence-corrected chi connectivity index (χ4v) is 2.73. The van der Waals surface area contributed by atoms with Crippen LogP contribution in [-0.2, 0) is 4.43 Å². The SMILES string of the molecule is CCCCCCCCCC[C@H](C#CO[SiH](C)C)C(C)(C)C. The summed E-state index contributed by atoms with van der Waals surface area (Å²) in [6.45, 7) is 13.5. The summed E-state index contributed by atoms with van der Waals surface area (Å²) in [5.74, 6) is 3.84. The molecule has 0 saturated carbocycles. The first-order chi connectivity index (χ1) is 9.88. The predicted molar refractivity (Wildman–Crippen MR) is 97.9 cm³/mol. The Hall–Kier alpha value is -0.423. The fourth-order valence-electron chi connectivity index (χ4n) is 2.43. The zero-order valence-electron chi connectivity index (χ0n) is 15.4. The van der Waals surface area contributed by atoms with Crippen molar-refractivity contribution >= 4 is 9.04 Å². The van der Waals surface area contributed by atoms with Gasteiger partial charge in [-0.1, -0.05) is 85.0 Å². The van der Waals surface area contributed by atoms with Crippen LogP contribution in [0.3, 0.4) is 0 Å². The molecule has 0 heterocycles. The van der Waals surface area contributed by atoms with E-state index >= 15 is 0 Å². The second-order valence-corrected chi connectivity index (χ2v) is 9.93. The van der Waals surface area contributed by atoms with E-state index in [4.69, 9.17) is 4.43 Å². The maximum Gasteiger partial charge on any atom is 0.244 e. The molecule has 0 aromatic rings. The van der Waals surface area contributed by atoms with E-state index in [1.54, 1.807) is 0 Å². The van der Waals surface area contributed by atoms with Crippen LogP contribution in [0.1, 0.15) is 85.5 Å². The summed E-state index contributed by atoms with van der Waals surface area (Å²) < 4.78 is 5.53. The monoisotopic (exact) mass is 310 g/mol. The zero-order chi connectivity index (χ0) is 16.1. The number of hydrogen-bond donors (Lipinski definition) is 0. The van der Waals surface area contributed by atoms with Crippen molar-refractivity contribution in [3.63, 3.8) is 0 Å². The van der Waals surface area contributed by atoms with Crippen LogP contribution in [0.4, 0.5) is 0 Å². The summed E-state index contributed by atoms with van der Waals surface area (Å²) in [5, 5.41) is 0. The molecule has 0 aromatic heterocycles. The molecule has 0 rings (SSSR count). The molecular weight excluding hydrogens is 272 g/mol. The van der Waals surface area contributed by atoms with Gasteiger partial charge in [-0.15, -0.1) is 0 Å². The molecule has 1 atom stereocenters. The van der Waals surface area contributed by atoms with Gasteiger partial charge in [0.05, 0.1) is 6.11 Å². The summed E-state index contributed by atoms with van der Waals surface area (Å²) in [4.78, 5) is 0. The minimum atomic E-state index is -1.01. The Kier molecular flexibility index (Phi) is 11.9. The van der Waals surface area contributed by atoms with Crippen LogP contribution in [0.2, 0.25) is 13.1 Å². The molecule has 0 aliphatic rings. The van der Waals surface area contributed by atoms with Crippen LogP contribution in [0.25, 0.3) is 0 Å². The Bertz CT molecular complexity index is 293. The van der Waals surface area contributed by atoms with Crippen LogP contribution in [0, 0.1) is 23.4 Å². The van der Waals surface area contributed by atoms with Crippen molar-refractivity contribution < 1.29 is 4.43 Å². The topological polar surface area (TPSA) is 9.23 Å². The minimum absolute atomic E-state index is 0.260. The zero-order valence-corrected chi connectivity index (χ0v) is 16.6. The third kappa shape index (κ3) is 13.0. The quantitative estimate of drug-likeness (QED) is 0.267. The lowest BCUT2D eigenvalue weighted by Gasteiger charge is -2.26. The minimum Gasteiger partial charge on any atom is -0.505 e. The highest BCUT2D eigenvalue weighted by Gasteiger charge is 2.22. The van der Waals surface area contributed by atoms with Gasteiger partial charge >= 0.3 is 0 Å². The Morgan fingerprint density at radius 3 is 1.90 bits per heavy atom. The van der Waals surface area contributed by atoms with Crippen LogP contribution < -0.4 is 0 Å². The highest BCUT2D eigenvalue weighted by molar-refractivity contribution is 6.48. The molecule has 0 N–H and O–H groups in total. The van der Waals surface area contributed by atoms with E-state index in [2.05, 4.69) is 52.8 Å². The summed E-state index contributed by atoms with van der Waals surface area (Å²) in [5.41, 5.74) is 0.260. The average molecular weight is 311 g/mol. The van der Waals surface area contributed by atoms with Gasteiger partial charge in [-0.2, -0.15) is 0 Å². The highest BCUT2D eigenvalue weighted by Crippen LogP contribution is 2.30. The lowest BCUT2D eigenvalue weighted by molar-refractivity contribution is 0.279. The number of rotatable bonds is 10. The van der Waals surface area contributed by atoms with Crippen LogP contribution >= 0.6 is 0 Å². The number of unbranched alkanes of at least 4 members (excludes halogenated alkanes) is 7. The maximum atomic E-state index is 5.53. The summed E-state index contributed by atoms with van der Waals surface area (Å²) in [7, 11) is -1.01. The van der Waals surface area contributed by atoms with Crippen molar-refractivity contribution in [3.8, 4) is 12.0 Å². The lowest BCUT2D eigenvalue weighted by atomic mass is 9.78. The predicted octanol–water partition coefficient (Wildman–Crippen LogP) is 6.14. The van der Waals surface area contributed by atoms with Crippen LogP contribution in [0.5, 0.6) is 0 Å². The van der Waals surface area contributed by atoms with Gasteiger partial charge < -0.3 is 4.43 Å². The molecule has 0 bridgehead atoms. The first-order valence-electron chi connectivity index (χ1n) is 9.04. The van der Waals surface area contributed by atoms with E-state index in [-0.39, 0.29) is 5.41 Å². The largest absolute Gasteiger partial charge is 0.505 e. The van der Waals surface area contributed by atoms with Crippen LogP contribution in [-0.4, -0.2) is 9.04 Å². The second kappa shape index (κ2) is 12.2. The van der Waals surface area contributed by atoms with Crippen molar-refractivity contribution in [2.24, 2.45) is 11.3 Å². The average Bonchev–Trinajstić information content (AvgIpc) is 2.38. The van der Waals surface area contributed by atoms with Gasteiger partial charge in [-0.25, -0.2) is 0 Å². The first-order valence-corrected chi connectivity index (χ1v) is 11.8. The van der Waals surface area contributed by atoms with E-state index < -0.39 is 9.04 Å². The Morgan fingerprint density at radius 2 is 1.43 bits per heavy atom. The van der Waals surface area contributed by atoms with E-state index in [0.29, 0.717) is 5.92 Å². The Labute approximate surface area is 136 Å². The molecule has 0 spiro atoms. The molecule has 124 valence electrons. The van der Waals surface area contributed by atoms with E-state index in [1.807, 2.05) is 0 Å². The van der Waals surface area contributed by atoms with E-state index in [9.17, 15) is 0 Å². The summed E-state index contributed by atoms with van der Waals surface area (Å²) >= 11 is 0. The Morgan fingerprint density at radius 1 is 0.905 bits per heavy atom. The molecule has 0 amide bonds. The molecule has 1 nitrogen and oxygen atoms in total. The smallest absolute Gasteiger partial charge is 0.244 e. The summed E-state index contributed by atoms with van der Waals surface area (Å²) in [6.07, 6.45) is 15.3. The van der Waals surface area contributed by atoms with Gasteiger partial charge in [-0.3, -0.25) is 0 Å². The third-order valence-corrected chi connectivity index (χ3v) is 4.51. The van der Waals surface area contributed by atoms with Crippen molar-refractivity contribution in [1.82, 2.24) is 0 Å². The standard InChI is InChI=1S/C19H38OSi/c1-7-8-9-10-11-12-13-14-15-18(19(2,3)4)16-17-20-21(5)6/h18,21H,7-15H2,1-6H3/t18-/m1/s1. The van der Waals surface area contributed by atoms with Crippen molar-refractivity contribution in [1.29, 1.82) is 0 Å². The maximum absolute atomic E-state index is 5.53. The van der Waals surface area contributed by atoms with Gasteiger partial charge in [-0.05, 0) is 24.9 Å². The Balaban J connectivity index is 3.89. The molecule has 21 heavy (non-hydrogen) atoms. The molecular formula is C19H38OSi. The molecule has 0 fully saturated rings. The van der Waals surface area contributed by atoms with Crippen molar-refractivity contribution in [3.05, 3.63) is 0 Å². The van der Waals surface area contributed by atoms with Gasteiger partial charge in [0.15, 0.2) is 0 Å². The lowest BCUT2D eigenvalue weighted by Crippen LogP contribution is -2.19. The van der Waals surface area contributed by atoms with Gasteiger partial charge in [0.25, 0.3) is 0 Å². The fraction of sp³-hybridized carbons (Fsp3) is 0.895. The molecule has 2 heteroatoms. The third-order valence-electron chi connectivity index (χ3n) is 3.92. The molecule has 0 aromatic carbocycles. The van der Waals surface area contributed by atoms with Gasteiger partial charge in [0.2, 0.25) is 9.04 Å². The van der Waals surface area contributed by atoms with Crippen molar-refractivity contribution in [2.75, 3.05) is 0 Å². The molecule has 0 aliphatic carbocycles. The van der Waals surface area contributed by atoms with Gasteiger partial charge in [0.1, 0.15) is 0 Å². The molecule has 0 radical (unpaired) electrons. The molecule has 0 aliphatic heterocycles. The van der Waals surface area contributed by atoms with E-state index in [1.165, 1.54) is 57.8 Å². The van der Waals surface area contributed by atoms with Crippen LogP contribution in [0.15, 0.2) is 0 Å².